The molecular weight excluding hydrogens is 396 g/mol. The van der Waals surface area contributed by atoms with Gasteiger partial charge in [0.05, 0.1) is 14.0 Å². The number of rotatable bonds is 6. The largest absolute Gasteiger partial charge is 1.00 e. The van der Waals surface area contributed by atoms with E-state index < -0.39 is 23.7 Å². The summed E-state index contributed by atoms with van der Waals surface area (Å²) in [6, 6.07) is -1.48. The van der Waals surface area contributed by atoms with Gasteiger partial charge in [-0.3, -0.25) is 0 Å². The second kappa shape index (κ2) is 9.98. The van der Waals surface area contributed by atoms with Crippen LogP contribution in [0.3, 0.4) is 0 Å². The van der Waals surface area contributed by atoms with Crippen molar-refractivity contribution in [2.75, 3.05) is 6.61 Å². The molecule has 2 atom stereocenters. The Morgan fingerprint density at radius 3 is 2.54 bits per heavy atom. The highest BCUT2D eigenvalue weighted by molar-refractivity contribution is 7.09. The van der Waals surface area contributed by atoms with Gasteiger partial charge in [-0.05, 0) is 33.6 Å². The smallest absolute Gasteiger partial charge is 0.408 e. The van der Waals surface area contributed by atoms with Gasteiger partial charge in [-0.25, -0.2) is 14.6 Å². The van der Waals surface area contributed by atoms with Crippen LogP contribution < -0.4 is 22.3 Å². The van der Waals surface area contributed by atoms with Crippen molar-refractivity contribution in [3.63, 3.8) is 0 Å². The molecule has 1 N–H and O–H groups in total. The van der Waals surface area contributed by atoms with Gasteiger partial charge in [0.25, 0.3) is 0 Å². The minimum atomic E-state index is -1.48. The molecule has 0 spiro atoms. The minimum Gasteiger partial charge on any atom is -1.00 e. The van der Waals surface area contributed by atoms with Crippen molar-refractivity contribution in [1.82, 2.24) is 10.3 Å². The maximum atomic E-state index is 12.1. The predicted octanol–water partition coefficient (Wildman–Crippen LogP) is 0.936. The maximum Gasteiger partial charge on any atom is 0.408 e. The van der Waals surface area contributed by atoms with Crippen LogP contribution in [0.2, 0.25) is 0 Å². The number of thiazole rings is 1. The number of halogens is 1. The van der Waals surface area contributed by atoms with Gasteiger partial charge in [0.15, 0.2) is 5.69 Å². The zero-order chi connectivity index (χ0) is 18.5. The average Bonchev–Trinajstić information content (AvgIpc) is 2.94. The lowest BCUT2D eigenvalue weighted by atomic mass is 10.00. The second-order valence-electron chi connectivity index (χ2n) is 6.11. The number of carbonyl (C=O) groups excluding carboxylic acids is 2. The molecule has 1 amide bonds. The van der Waals surface area contributed by atoms with Crippen LogP contribution in [0.1, 0.15) is 70.8 Å². The number of hydrogen-bond acceptors (Lipinski definition) is 6. The summed E-state index contributed by atoms with van der Waals surface area (Å²) in [7, 11) is 0. The molecule has 0 aliphatic carbocycles. The number of esters is 1. The number of nitrogens with one attached hydrogen (secondary N) is 1. The summed E-state index contributed by atoms with van der Waals surface area (Å²) in [6.45, 7) is 11.0. The highest BCUT2D eigenvalue weighted by Gasteiger charge is 2.27. The maximum absolute atomic E-state index is 12.1. The van der Waals surface area contributed by atoms with Crippen LogP contribution in [0.25, 0.3) is 0 Å². The van der Waals surface area contributed by atoms with Gasteiger partial charge in [-0.15, -0.1) is 11.3 Å². The topological polar surface area (TPSA) is 77.5 Å². The number of aromatic nitrogens is 1. The number of ether oxygens (including phenoxy) is 2. The van der Waals surface area contributed by atoms with Crippen LogP contribution in [0, 0.1) is 5.92 Å². The zero-order valence-electron chi connectivity index (χ0n) is 15.9. The van der Waals surface area contributed by atoms with Crippen molar-refractivity contribution >= 4 is 23.4 Å². The van der Waals surface area contributed by atoms with Gasteiger partial charge in [-0.1, -0.05) is 20.3 Å². The molecule has 0 bridgehead atoms. The molecule has 1 rings (SSSR count). The third-order valence-electron chi connectivity index (χ3n) is 2.96. The van der Waals surface area contributed by atoms with Gasteiger partial charge in [-0.2, -0.15) is 0 Å². The van der Waals surface area contributed by atoms with E-state index in [2.05, 4.69) is 10.3 Å². The standard InChI is InChI=1S/C16H26N2O4S.BrH/c1-7-10(3)12(18-15(20)22-16(4,5)6)13-17-11(9-23-13)14(19)21-8-2;/h9-10,12H,7-8H2,1-6H3,(H,18,20);1H/p-1/t10-,12-;/m0./s1/i12D;. The van der Waals surface area contributed by atoms with E-state index in [1.807, 2.05) is 13.8 Å². The van der Waals surface area contributed by atoms with Crippen LogP contribution in [0.5, 0.6) is 0 Å². The predicted molar refractivity (Wildman–Crippen MR) is 89.6 cm³/mol. The van der Waals surface area contributed by atoms with E-state index >= 15 is 0 Å². The van der Waals surface area contributed by atoms with Crippen molar-refractivity contribution in [1.29, 1.82) is 0 Å². The summed E-state index contributed by atoms with van der Waals surface area (Å²) in [5.74, 6) is -0.769. The van der Waals surface area contributed by atoms with Crippen molar-refractivity contribution in [3.05, 3.63) is 16.1 Å². The zero-order valence-corrected chi connectivity index (χ0v) is 17.3. The summed E-state index contributed by atoms with van der Waals surface area (Å²) in [4.78, 5) is 28.1. The van der Waals surface area contributed by atoms with Gasteiger partial charge >= 0.3 is 12.1 Å². The average molecular weight is 423 g/mol. The third-order valence-corrected chi connectivity index (χ3v) is 3.84. The van der Waals surface area contributed by atoms with Crippen LogP contribution in [0.15, 0.2) is 5.38 Å². The van der Waals surface area contributed by atoms with E-state index in [0.717, 1.165) is 11.3 Å². The Balaban J connectivity index is 0.00000576. The molecule has 0 fully saturated rings. The lowest BCUT2D eigenvalue weighted by molar-refractivity contribution is -0.0000458. The lowest BCUT2D eigenvalue weighted by Crippen LogP contribution is -3.00. The highest BCUT2D eigenvalue weighted by atomic mass is 79.9. The normalized spacial score (nSPS) is 15.3. The fourth-order valence-corrected chi connectivity index (χ4v) is 2.60. The fraction of sp³-hybridized carbons (Fsp3) is 0.688. The Labute approximate surface area is 159 Å². The van der Waals surface area contributed by atoms with Gasteiger partial charge in [0.2, 0.25) is 0 Å². The molecule has 0 saturated carbocycles. The lowest BCUT2D eigenvalue weighted by Gasteiger charge is -2.25. The Morgan fingerprint density at radius 1 is 1.42 bits per heavy atom. The minimum absolute atomic E-state index is 0. The number of amides is 1. The number of alkyl carbamates (subject to hydrolysis) is 1. The number of carbonyl (C=O) groups is 2. The molecule has 0 radical (unpaired) electrons. The third kappa shape index (κ3) is 7.17. The van der Waals surface area contributed by atoms with E-state index in [9.17, 15) is 9.59 Å². The summed E-state index contributed by atoms with van der Waals surface area (Å²) >= 11 is 1.14. The van der Waals surface area contributed by atoms with Gasteiger partial charge < -0.3 is 31.8 Å². The number of hydrogen-bond donors (Lipinski definition) is 1. The SMILES string of the molecule is [2H][C@@](NC(=O)OC(C)(C)C)(c1nc(C(=O)OCC)cs1)[C@@H](C)CC.[Br-]. The fourth-order valence-electron chi connectivity index (χ4n) is 1.70. The van der Waals surface area contributed by atoms with Crippen molar-refractivity contribution < 1.29 is 37.4 Å². The Bertz CT molecular complexity index is 591. The molecule has 138 valence electrons. The molecule has 6 nitrogen and oxygen atoms in total. The first-order valence-corrected chi connectivity index (χ1v) is 8.55. The van der Waals surface area contributed by atoms with Crippen LogP contribution in [-0.2, 0) is 9.47 Å². The first-order valence-electron chi connectivity index (χ1n) is 8.17. The monoisotopic (exact) mass is 422 g/mol. The van der Waals surface area contributed by atoms with Gasteiger partial charge in [0, 0.05) is 5.38 Å². The summed E-state index contributed by atoms with van der Waals surface area (Å²) in [5.41, 5.74) is -0.526. The number of nitrogens with zero attached hydrogens (tertiary/aromatic N) is 1. The van der Waals surface area contributed by atoms with Crippen molar-refractivity contribution in [3.8, 4) is 0 Å². The quantitative estimate of drug-likeness (QED) is 0.690. The van der Waals surface area contributed by atoms with E-state index in [0.29, 0.717) is 11.4 Å². The molecule has 1 heterocycles. The summed E-state index contributed by atoms with van der Waals surface area (Å²) < 4.78 is 18.9. The molecule has 1 aromatic heterocycles. The molecule has 0 saturated heterocycles. The summed E-state index contributed by atoms with van der Waals surface area (Å²) in [6.07, 6.45) is -0.0427. The van der Waals surface area contributed by atoms with Gasteiger partial charge in [0.1, 0.15) is 10.6 Å². The molecule has 0 aliphatic rings. The molecule has 0 unspecified atom stereocenters. The van der Waals surface area contributed by atoms with Crippen LogP contribution >= 0.6 is 11.3 Å². The van der Waals surface area contributed by atoms with Crippen molar-refractivity contribution in [2.45, 2.75) is 59.6 Å². The molecule has 0 aromatic carbocycles. The Morgan fingerprint density at radius 2 is 2.04 bits per heavy atom. The molecule has 24 heavy (non-hydrogen) atoms. The summed E-state index contributed by atoms with van der Waals surface area (Å²) in [5, 5.41) is 4.46. The molecule has 0 aliphatic heterocycles. The van der Waals surface area contributed by atoms with E-state index in [1.54, 1.807) is 27.7 Å². The van der Waals surface area contributed by atoms with E-state index in [1.165, 1.54) is 5.38 Å². The second-order valence-corrected chi connectivity index (χ2v) is 6.97. The van der Waals surface area contributed by atoms with E-state index in [4.69, 9.17) is 10.8 Å². The van der Waals surface area contributed by atoms with Crippen molar-refractivity contribution in [2.24, 2.45) is 5.92 Å². The first kappa shape index (κ1) is 20.9. The first-order chi connectivity index (χ1) is 11.0. The Kier molecular flexibility index (Phi) is 8.69. The van der Waals surface area contributed by atoms with E-state index in [-0.39, 0.29) is 35.2 Å². The Hall–Kier alpha value is -1.15. The highest BCUT2D eigenvalue weighted by Crippen LogP contribution is 2.28. The van der Waals surface area contributed by atoms with Crippen LogP contribution in [-0.4, -0.2) is 29.3 Å². The molecule has 1 aromatic rings. The molecular formula is C16H26BrN2O4S-. The van der Waals surface area contributed by atoms with Crippen LogP contribution in [0.4, 0.5) is 4.79 Å². The molecule has 8 heteroatoms.